The zero-order chi connectivity index (χ0) is 18.0. The van der Waals surface area contributed by atoms with Gasteiger partial charge in [-0.2, -0.15) is 0 Å². The summed E-state index contributed by atoms with van der Waals surface area (Å²) in [6.07, 6.45) is -0.486. The van der Waals surface area contributed by atoms with Crippen LogP contribution in [0.5, 0.6) is 0 Å². The van der Waals surface area contributed by atoms with Gasteiger partial charge in [-0.25, -0.2) is 0 Å². The summed E-state index contributed by atoms with van der Waals surface area (Å²) in [6, 6.07) is -1.94. The Morgan fingerprint density at radius 3 is 2.22 bits per heavy atom. The van der Waals surface area contributed by atoms with Crippen molar-refractivity contribution in [1.29, 1.82) is 0 Å². The Bertz CT molecular complexity index is 449. The van der Waals surface area contributed by atoms with E-state index in [4.69, 9.17) is 15.9 Å². The molecule has 23 heavy (non-hydrogen) atoms. The number of carbonyl (C=O) groups excluding carboxylic acids is 2. The van der Waals surface area contributed by atoms with Crippen molar-refractivity contribution in [3.8, 4) is 0 Å². The predicted molar refractivity (Wildman–Crippen MR) is 87.4 cm³/mol. The number of hydrogen-bond acceptors (Lipinski definition) is 6. The molecule has 0 aromatic heterocycles. The second kappa shape index (κ2) is 11.3. The summed E-state index contributed by atoms with van der Waals surface area (Å²) in [5.41, 5.74) is 9.93. The molecule has 0 aromatic rings. The first-order valence-electron chi connectivity index (χ1n) is 6.71. The maximum absolute atomic E-state index is 12.0. The van der Waals surface area contributed by atoms with Gasteiger partial charge in [0.2, 0.25) is 0 Å². The molecule has 0 aliphatic rings. The molecule has 0 saturated heterocycles. The van der Waals surface area contributed by atoms with Gasteiger partial charge < -0.3 is 0 Å². The molecule has 9 nitrogen and oxygen atoms in total. The van der Waals surface area contributed by atoms with Crippen LogP contribution in [0, 0.1) is 0 Å². The first kappa shape index (κ1) is 21.7. The SMILES string of the molecule is C[As](C)SC[C@H](N)C(=O)N[C@@H](CCC(=O)O)C(=O)NCC(=O)O. The third-order valence-electron chi connectivity index (χ3n) is 2.54. The van der Waals surface area contributed by atoms with Crippen LogP contribution in [0.15, 0.2) is 0 Å². The van der Waals surface area contributed by atoms with E-state index < -0.39 is 55.9 Å². The van der Waals surface area contributed by atoms with Crippen molar-refractivity contribution >= 4 is 47.3 Å². The van der Waals surface area contributed by atoms with Gasteiger partial charge in [0, 0.05) is 0 Å². The Hall–Kier alpha value is -1.25. The summed E-state index contributed by atoms with van der Waals surface area (Å²) in [4.78, 5) is 44.9. The van der Waals surface area contributed by atoms with Gasteiger partial charge >= 0.3 is 142 Å². The van der Waals surface area contributed by atoms with Crippen LogP contribution in [0.25, 0.3) is 0 Å². The van der Waals surface area contributed by atoms with Gasteiger partial charge in [0.1, 0.15) is 0 Å². The molecule has 0 aromatic carbocycles. The Morgan fingerprint density at radius 2 is 1.74 bits per heavy atom. The molecule has 0 unspecified atom stereocenters. The average molecular weight is 411 g/mol. The van der Waals surface area contributed by atoms with Crippen LogP contribution in [0.2, 0.25) is 11.4 Å². The number of carbonyl (C=O) groups is 4. The molecule has 0 heterocycles. The maximum atomic E-state index is 12.0. The predicted octanol–water partition coefficient (Wildman–Crippen LogP) is -1.15. The first-order valence-corrected chi connectivity index (χ1v) is 13.7. The van der Waals surface area contributed by atoms with Crippen LogP contribution >= 0.6 is 10.0 Å². The summed E-state index contributed by atoms with van der Waals surface area (Å²) in [5, 5.41) is 21.7. The third-order valence-corrected chi connectivity index (χ3v) is 7.76. The molecule has 11 heteroatoms. The van der Waals surface area contributed by atoms with Gasteiger partial charge in [-0.3, -0.25) is 0 Å². The molecule has 0 saturated carbocycles. The van der Waals surface area contributed by atoms with Crippen LogP contribution in [0.4, 0.5) is 0 Å². The fraction of sp³-hybridized carbons (Fsp3) is 0.667. The van der Waals surface area contributed by atoms with E-state index in [1.54, 1.807) is 10.0 Å². The average Bonchev–Trinajstić information content (AvgIpc) is 2.45. The minimum atomic E-state index is -1.24. The fourth-order valence-corrected chi connectivity index (χ4v) is 4.90. The van der Waals surface area contributed by atoms with Crippen molar-refractivity contribution in [2.24, 2.45) is 5.73 Å². The molecule has 2 atom stereocenters. The molecule has 0 aliphatic heterocycles. The van der Waals surface area contributed by atoms with Crippen LogP contribution < -0.4 is 16.4 Å². The van der Waals surface area contributed by atoms with E-state index in [9.17, 15) is 19.2 Å². The number of amides is 2. The Morgan fingerprint density at radius 1 is 1.13 bits per heavy atom. The summed E-state index contributed by atoms with van der Waals surface area (Å²) < 4.78 is 0. The van der Waals surface area contributed by atoms with Crippen molar-refractivity contribution < 1.29 is 29.4 Å². The van der Waals surface area contributed by atoms with Crippen LogP contribution in [-0.4, -0.2) is 71.8 Å². The number of rotatable bonds is 11. The number of carboxylic acid groups (broad SMARTS) is 2. The Labute approximate surface area is 142 Å². The van der Waals surface area contributed by atoms with Gasteiger partial charge in [0.25, 0.3) is 0 Å². The van der Waals surface area contributed by atoms with E-state index >= 15 is 0 Å². The quantitative estimate of drug-likeness (QED) is 0.267. The van der Waals surface area contributed by atoms with Crippen LogP contribution in [0.3, 0.4) is 0 Å². The molecule has 0 aliphatic carbocycles. The number of hydrogen-bond donors (Lipinski definition) is 5. The van der Waals surface area contributed by atoms with Gasteiger partial charge in [0.15, 0.2) is 0 Å². The zero-order valence-electron chi connectivity index (χ0n) is 12.9. The number of nitrogens with two attached hydrogens (primary N) is 1. The molecular formula is C12H22AsN3O6S. The number of aliphatic carboxylic acids is 2. The second-order valence-corrected chi connectivity index (χ2v) is 14.2. The van der Waals surface area contributed by atoms with E-state index in [1.165, 1.54) is 0 Å². The molecule has 0 fully saturated rings. The van der Waals surface area contributed by atoms with E-state index in [1.807, 2.05) is 0 Å². The first-order chi connectivity index (χ1) is 10.6. The van der Waals surface area contributed by atoms with Gasteiger partial charge in [0.05, 0.1) is 0 Å². The van der Waals surface area contributed by atoms with E-state index in [-0.39, 0.29) is 12.8 Å². The molecule has 0 rings (SSSR count). The summed E-state index contributed by atoms with van der Waals surface area (Å²) in [6.45, 7) is -0.612. The number of nitrogens with one attached hydrogen (secondary N) is 2. The summed E-state index contributed by atoms with van der Waals surface area (Å²) in [7, 11) is 1.62. The number of carboxylic acids is 2. The minimum absolute atomic E-state index is 0.147. The summed E-state index contributed by atoms with van der Waals surface area (Å²) >= 11 is -1.000. The molecule has 2 amide bonds. The van der Waals surface area contributed by atoms with Crippen LogP contribution in [-0.2, 0) is 19.2 Å². The Kier molecular flexibility index (Phi) is 10.7. The standard InChI is InChI=1S/C12H22AsN3O6S/c1-13(2)23-6-7(14)11(21)16-8(3-4-9(17)18)12(22)15-5-10(19)20/h7-8H,3-6,14H2,1-2H3,(H,15,22)(H,16,21)(H,17,18)(H,19,20)/t7-,8-/m0/s1. The fourth-order valence-electron chi connectivity index (χ4n) is 1.41. The van der Waals surface area contributed by atoms with Gasteiger partial charge in [-0.1, -0.05) is 0 Å². The molecular weight excluding hydrogens is 389 g/mol. The topological polar surface area (TPSA) is 159 Å². The third kappa shape index (κ3) is 11.0. The molecule has 0 spiro atoms. The van der Waals surface area contributed by atoms with Crippen LogP contribution in [0.1, 0.15) is 12.8 Å². The Balaban J connectivity index is 4.65. The van der Waals surface area contributed by atoms with Gasteiger partial charge in [-0.05, 0) is 0 Å². The van der Waals surface area contributed by atoms with E-state index in [0.29, 0.717) is 5.75 Å². The van der Waals surface area contributed by atoms with Crippen molar-refractivity contribution in [3.63, 3.8) is 0 Å². The van der Waals surface area contributed by atoms with Crippen molar-refractivity contribution in [2.45, 2.75) is 36.3 Å². The van der Waals surface area contributed by atoms with Gasteiger partial charge in [-0.15, -0.1) is 0 Å². The summed E-state index contributed by atoms with van der Waals surface area (Å²) in [5.74, 6) is -3.26. The molecule has 6 N–H and O–H groups in total. The van der Waals surface area contributed by atoms with E-state index in [2.05, 4.69) is 22.1 Å². The normalized spacial score (nSPS) is 13.2. The van der Waals surface area contributed by atoms with Crippen molar-refractivity contribution in [1.82, 2.24) is 10.6 Å². The monoisotopic (exact) mass is 411 g/mol. The van der Waals surface area contributed by atoms with E-state index in [0.717, 1.165) is 0 Å². The molecule has 0 bridgehead atoms. The second-order valence-electron chi connectivity index (χ2n) is 4.82. The molecule has 132 valence electrons. The van der Waals surface area contributed by atoms with Crippen molar-refractivity contribution in [3.05, 3.63) is 0 Å². The molecule has 0 radical (unpaired) electrons. The van der Waals surface area contributed by atoms with Crippen molar-refractivity contribution in [2.75, 3.05) is 12.3 Å². The zero-order valence-corrected chi connectivity index (χ0v) is 15.6.